The number of anilines is 2. The highest BCUT2D eigenvalue weighted by molar-refractivity contribution is 6.00. The number of carbonyl (C=O) groups is 1. The van der Waals surface area contributed by atoms with E-state index in [0.29, 0.717) is 56.1 Å². The molecule has 1 amide bonds. The van der Waals surface area contributed by atoms with Crippen LogP contribution in [0.15, 0.2) is 10.6 Å². The molecule has 0 saturated carbocycles. The Morgan fingerprint density at radius 2 is 1.96 bits per heavy atom. The van der Waals surface area contributed by atoms with E-state index in [1.54, 1.807) is 6.07 Å². The SMILES string of the molecule is C[C@H]1CN(c2c(C3OCCO3)cc3c(N4CCOC4=O)noc3c2F)CCO1. The summed E-state index contributed by atoms with van der Waals surface area (Å²) in [7, 11) is 0. The molecule has 3 aliphatic rings. The van der Waals surface area contributed by atoms with Crippen LogP contribution < -0.4 is 9.80 Å². The summed E-state index contributed by atoms with van der Waals surface area (Å²) in [6.45, 7) is 4.93. The molecule has 1 aromatic heterocycles. The second-order valence-corrected chi connectivity index (χ2v) is 6.98. The third-order valence-corrected chi connectivity index (χ3v) is 5.14. The lowest BCUT2D eigenvalue weighted by molar-refractivity contribution is -0.0440. The molecule has 3 saturated heterocycles. The number of cyclic esters (lactones) is 1. The molecule has 1 atom stereocenters. The fourth-order valence-corrected chi connectivity index (χ4v) is 3.88. The lowest BCUT2D eigenvalue weighted by Crippen LogP contribution is -2.42. The standard InChI is InChI=1S/C18H20FN3O6/c1-10-9-21(2-4-24-10)14-11(17-25-6-7-26-17)8-12-15(13(14)19)28-20-16(12)22-3-5-27-18(22)23/h8,10,17H,2-7,9H2,1H3/t10-/m0/s1. The minimum absolute atomic E-state index is 0.00871. The van der Waals surface area contributed by atoms with Gasteiger partial charge in [-0.05, 0) is 13.0 Å². The average molecular weight is 393 g/mol. The Bertz CT molecular complexity index is 912. The quantitative estimate of drug-likeness (QED) is 0.785. The normalized spacial score (nSPS) is 23.8. The Morgan fingerprint density at radius 3 is 2.68 bits per heavy atom. The fourth-order valence-electron chi connectivity index (χ4n) is 3.88. The molecule has 0 spiro atoms. The van der Waals surface area contributed by atoms with Crippen molar-refractivity contribution < 1.29 is 32.7 Å². The van der Waals surface area contributed by atoms with Crippen LogP contribution in [0.5, 0.6) is 0 Å². The van der Waals surface area contributed by atoms with E-state index in [0.717, 1.165) is 0 Å². The molecule has 0 radical (unpaired) electrons. The van der Waals surface area contributed by atoms with E-state index < -0.39 is 18.2 Å². The highest BCUT2D eigenvalue weighted by Gasteiger charge is 2.35. The van der Waals surface area contributed by atoms with Crippen molar-refractivity contribution in [2.75, 3.05) is 55.9 Å². The van der Waals surface area contributed by atoms with Crippen LogP contribution in [0.4, 0.5) is 20.7 Å². The van der Waals surface area contributed by atoms with Gasteiger partial charge in [-0.2, -0.15) is 0 Å². The van der Waals surface area contributed by atoms with Gasteiger partial charge in [0, 0.05) is 18.7 Å². The Balaban J connectivity index is 1.66. The Labute approximate surface area is 159 Å². The van der Waals surface area contributed by atoms with Crippen LogP contribution in [0.2, 0.25) is 0 Å². The van der Waals surface area contributed by atoms with E-state index in [-0.39, 0.29) is 24.1 Å². The Morgan fingerprint density at radius 1 is 1.14 bits per heavy atom. The van der Waals surface area contributed by atoms with Gasteiger partial charge in [0.05, 0.1) is 43.5 Å². The van der Waals surface area contributed by atoms with Crippen molar-refractivity contribution in [1.29, 1.82) is 0 Å². The molecule has 0 unspecified atom stereocenters. The predicted molar refractivity (Wildman–Crippen MR) is 94.9 cm³/mol. The van der Waals surface area contributed by atoms with Gasteiger partial charge >= 0.3 is 6.09 Å². The summed E-state index contributed by atoms with van der Waals surface area (Å²) in [4.78, 5) is 15.2. The van der Waals surface area contributed by atoms with Crippen molar-refractivity contribution in [3.63, 3.8) is 0 Å². The number of ether oxygens (including phenoxy) is 4. The van der Waals surface area contributed by atoms with Gasteiger partial charge in [0.25, 0.3) is 0 Å². The molecule has 3 fully saturated rings. The number of hydrogen-bond donors (Lipinski definition) is 0. The zero-order valence-corrected chi connectivity index (χ0v) is 15.4. The van der Waals surface area contributed by atoms with Gasteiger partial charge in [-0.1, -0.05) is 5.16 Å². The molecular formula is C18H20FN3O6. The number of halogens is 1. The number of fused-ring (bicyclic) bond motifs is 1. The van der Waals surface area contributed by atoms with E-state index in [9.17, 15) is 4.79 Å². The maximum Gasteiger partial charge on any atom is 0.415 e. The van der Waals surface area contributed by atoms with Crippen LogP contribution in [0, 0.1) is 5.82 Å². The second-order valence-electron chi connectivity index (χ2n) is 6.98. The van der Waals surface area contributed by atoms with Gasteiger partial charge in [0.1, 0.15) is 6.61 Å². The smallest absolute Gasteiger partial charge is 0.415 e. The molecule has 0 bridgehead atoms. The molecule has 0 N–H and O–H groups in total. The molecule has 2 aromatic rings. The number of amides is 1. The van der Waals surface area contributed by atoms with Crippen molar-refractivity contribution in [3.8, 4) is 0 Å². The molecule has 150 valence electrons. The lowest BCUT2D eigenvalue weighted by atomic mass is 10.1. The Kier molecular flexibility index (Phi) is 4.33. The fraction of sp³-hybridized carbons (Fsp3) is 0.556. The van der Waals surface area contributed by atoms with Gasteiger partial charge in [0.15, 0.2) is 17.9 Å². The largest absolute Gasteiger partial charge is 0.447 e. The Hall–Kier alpha value is -2.43. The molecule has 9 nitrogen and oxygen atoms in total. The summed E-state index contributed by atoms with van der Waals surface area (Å²) in [6, 6.07) is 1.74. The summed E-state index contributed by atoms with van der Waals surface area (Å²) in [6.07, 6.45) is -1.26. The number of morpholine rings is 1. The predicted octanol–water partition coefficient (Wildman–Crippen LogP) is 2.19. The van der Waals surface area contributed by atoms with Crippen molar-refractivity contribution in [2.24, 2.45) is 0 Å². The van der Waals surface area contributed by atoms with Crippen LogP contribution in [0.1, 0.15) is 18.8 Å². The third kappa shape index (κ3) is 2.79. The van der Waals surface area contributed by atoms with Gasteiger partial charge in [0.2, 0.25) is 5.58 Å². The zero-order valence-electron chi connectivity index (χ0n) is 15.4. The summed E-state index contributed by atoms with van der Waals surface area (Å²) >= 11 is 0. The van der Waals surface area contributed by atoms with Crippen LogP contribution >= 0.6 is 0 Å². The molecule has 0 aliphatic carbocycles. The second kappa shape index (κ2) is 6.87. The van der Waals surface area contributed by atoms with Gasteiger partial charge in [-0.25, -0.2) is 9.18 Å². The zero-order chi connectivity index (χ0) is 19.3. The first-order valence-corrected chi connectivity index (χ1v) is 9.29. The van der Waals surface area contributed by atoms with E-state index >= 15 is 4.39 Å². The number of carbonyl (C=O) groups excluding carboxylic acids is 1. The number of rotatable bonds is 3. The van der Waals surface area contributed by atoms with Crippen LogP contribution in [0.3, 0.4) is 0 Å². The van der Waals surface area contributed by atoms with Gasteiger partial charge < -0.3 is 28.4 Å². The van der Waals surface area contributed by atoms with Gasteiger partial charge in [-0.15, -0.1) is 0 Å². The summed E-state index contributed by atoms with van der Waals surface area (Å²) in [5, 5.41) is 4.33. The van der Waals surface area contributed by atoms with E-state index in [4.69, 9.17) is 23.5 Å². The average Bonchev–Trinajstić information content (AvgIpc) is 3.41. The first-order valence-electron chi connectivity index (χ1n) is 9.29. The van der Waals surface area contributed by atoms with E-state index in [1.165, 1.54) is 4.90 Å². The summed E-state index contributed by atoms with van der Waals surface area (Å²) in [5.74, 6) is -0.315. The number of hydrogen-bond acceptors (Lipinski definition) is 8. The maximum absolute atomic E-state index is 15.6. The molecular weight excluding hydrogens is 373 g/mol. The van der Waals surface area contributed by atoms with Gasteiger partial charge in [-0.3, -0.25) is 4.90 Å². The van der Waals surface area contributed by atoms with Crippen LogP contribution in [-0.4, -0.2) is 63.4 Å². The maximum atomic E-state index is 15.6. The summed E-state index contributed by atoms with van der Waals surface area (Å²) in [5.41, 5.74) is 0.903. The first kappa shape index (κ1) is 17.7. The molecule has 10 heteroatoms. The third-order valence-electron chi connectivity index (χ3n) is 5.14. The number of nitrogens with zero attached hydrogens (tertiary/aromatic N) is 3. The molecule has 3 aliphatic heterocycles. The van der Waals surface area contributed by atoms with Crippen molar-refractivity contribution >= 4 is 28.6 Å². The number of benzene rings is 1. The molecule has 1 aromatic carbocycles. The van der Waals surface area contributed by atoms with Crippen LogP contribution in [-0.2, 0) is 18.9 Å². The van der Waals surface area contributed by atoms with Crippen molar-refractivity contribution in [3.05, 3.63) is 17.4 Å². The monoisotopic (exact) mass is 393 g/mol. The molecule has 28 heavy (non-hydrogen) atoms. The highest BCUT2D eigenvalue weighted by atomic mass is 19.1. The van der Waals surface area contributed by atoms with Crippen molar-refractivity contribution in [1.82, 2.24) is 5.16 Å². The first-order chi connectivity index (χ1) is 13.6. The topological polar surface area (TPSA) is 86.5 Å². The molecule has 4 heterocycles. The van der Waals surface area contributed by atoms with E-state index in [1.807, 2.05) is 11.8 Å². The van der Waals surface area contributed by atoms with E-state index in [2.05, 4.69) is 5.16 Å². The number of aromatic nitrogens is 1. The minimum Gasteiger partial charge on any atom is -0.447 e. The summed E-state index contributed by atoms with van der Waals surface area (Å²) < 4.78 is 42.8. The van der Waals surface area contributed by atoms with Crippen molar-refractivity contribution in [2.45, 2.75) is 19.3 Å². The van der Waals surface area contributed by atoms with Crippen LogP contribution in [0.25, 0.3) is 11.0 Å². The minimum atomic E-state index is -0.694. The molecule has 5 rings (SSSR count). The highest BCUT2D eigenvalue weighted by Crippen LogP contribution is 2.41. The lowest BCUT2D eigenvalue weighted by Gasteiger charge is -2.34.